The quantitative estimate of drug-likeness (QED) is 0.843. The fourth-order valence-electron chi connectivity index (χ4n) is 3.38. The van der Waals surface area contributed by atoms with Crippen molar-refractivity contribution >= 4 is 22.2 Å². The van der Waals surface area contributed by atoms with Gasteiger partial charge in [0.2, 0.25) is 0 Å². The largest absolute Gasteiger partial charge is 0.353 e. The van der Waals surface area contributed by atoms with Gasteiger partial charge in [-0.2, -0.15) is 5.26 Å². The molecule has 2 N–H and O–H groups in total. The zero-order valence-electron chi connectivity index (χ0n) is 12.8. The van der Waals surface area contributed by atoms with Crippen molar-refractivity contribution in [2.75, 3.05) is 5.32 Å². The van der Waals surface area contributed by atoms with Crippen LogP contribution in [0, 0.1) is 17.2 Å². The minimum atomic E-state index is -0.236. The van der Waals surface area contributed by atoms with Crippen LogP contribution < -0.4 is 10.6 Å². The molecule has 0 bridgehead atoms. The number of nitriles is 1. The molecule has 4 nitrogen and oxygen atoms in total. The molecule has 2 aromatic rings. The second-order valence-electron chi connectivity index (χ2n) is 6.34. The van der Waals surface area contributed by atoms with Crippen molar-refractivity contribution in [2.24, 2.45) is 5.92 Å². The van der Waals surface area contributed by atoms with E-state index < -0.39 is 0 Å². The van der Waals surface area contributed by atoms with Gasteiger partial charge in [0.25, 0.3) is 5.91 Å². The van der Waals surface area contributed by atoms with Crippen LogP contribution in [-0.4, -0.2) is 5.91 Å². The van der Waals surface area contributed by atoms with E-state index in [4.69, 9.17) is 5.26 Å². The SMILES string of the molecule is C[C@@H]1CCc2c(sc3c2C(=O)N[C@@H](c2ccc(C#N)cc2)N3)C1. The number of nitrogens with zero attached hydrogens (tertiary/aromatic N) is 1. The van der Waals surface area contributed by atoms with Gasteiger partial charge in [0.15, 0.2) is 0 Å². The van der Waals surface area contributed by atoms with Crippen LogP contribution in [0.2, 0.25) is 0 Å². The maximum absolute atomic E-state index is 12.6. The summed E-state index contributed by atoms with van der Waals surface area (Å²) < 4.78 is 0. The van der Waals surface area contributed by atoms with E-state index in [1.165, 1.54) is 10.4 Å². The standard InChI is InChI=1S/C18H17N3OS/c1-10-2-7-13-14(8-10)23-18-15(13)17(22)20-16(21-18)12-5-3-11(9-19)4-6-12/h3-6,10,16,21H,2,7-8H2,1H3,(H,20,22)/t10-,16-/m1/s1. The van der Waals surface area contributed by atoms with E-state index >= 15 is 0 Å². The van der Waals surface area contributed by atoms with Crippen molar-refractivity contribution in [3.8, 4) is 6.07 Å². The van der Waals surface area contributed by atoms with Crippen LogP contribution in [0.1, 0.15) is 51.4 Å². The van der Waals surface area contributed by atoms with Crippen molar-refractivity contribution in [3.05, 3.63) is 51.4 Å². The molecular formula is C18H17N3OS. The van der Waals surface area contributed by atoms with Gasteiger partial charge in [-0.1, -0.05) is 19.1 Å². The Morgan fingerprint density at radius 1 is 1.26 bits per heavy atom. The average Bonchev–Trinajstić information content (AvgIpc) is 2.92. The van der Waals surface area contributed by atoms with Gasteiger partial charge >= 0.3 is 0 Å². The van der Waals surface area contributed by atoms with E-state index in [9.17, 15) is 4.79 Å². The van der Waals surface area contributed by atoms with Gasteiger partial charge in [0.1, 0.15) is 11.2 Å². The smallest absolute Gasteiger partial charge is 0.256 e. The minimum Gasteiger partial charge on any atom is -0.353 e. The second kappa shape index (κ2) is 5.39. The highest BCUT2D eigenvalue weighted by atomic mass is 32.1. The lowest BCUT2D eigenvalue weighted by Gasteiger charge is -2.27. The third kappa shape index (κ3) is 2.40. The molecule has 2 atom stereocenters. The Labute approximate surface area is 139 Å². The van der Waals surface area contributed by atoms with E-state index in [0.717, 1.165) is 35.4 Å². The van der Waals surface area contributed by atoms with Crippen LogP contribution in [0.3, 0.4) is 0 Å². The lowest BCUT2D eigenvalue weighted by molar-refractivity contribution is 0.0935. The number of rotatable bonds is 1. The molecule has 2 heterocycles. The Morgan fingerprint density at radius 2 is 2.04 bits per heavy atom. The summed E-state index contributed by atoms with van der Waals surface area (Å²) in [7, 11) is 0. The Bertz CT molecular complexity index is 816. The summed E-state index contributed by atoms with van der Waals surface area (Å²) in [6.45, 7) is 2.27. The summed E-state index contributed by atoms with van der Waals surface area (Å²) in [6, 6.07) is 9.44. The first kappa shape index (κ1) is 14.3. The number of thiophene rings is 1. The zero-order chi connectivity index (χ0) is 16.0. The zero-order valence-corrected chi connectivity index (χ0v) is 13.7. The number of anilines is 1. The molecule has 0 spiro atoms. The molecule has 0 saturated carbocycles. The average molecular weight is 323 g/mol. The van der Waals surface area contributed by atoms with E-state index in [1.807, 2.05) is 12.1 Å². The number of carbonyl (C=O) groups is 1. The number of nitrogens with one attached hydrogen (secondary N) is 2. The van der Waals surface area contributed by atoms with E-state index in [0.29, 0.717) is 11.5 Å². The van der Waals surface area contributed by atoms with Crippen molar-refractivity contribution < 1.29 is 4.79 Å². The van der Waals surface area contributed by atoms with Crippen LogP contribution in [0.5, 0.6) is 0 Å². The van der Waals surface area contributed by atoms with Crippen LogP contribution in [0.4, 0.5) is 5.00 Å². The summed E-state index contributed by atoms with van der Waals surface area (Å²) in [5.74, 6) is 0.708. The molecule has 0 radical (unpaired) electrons. The van der Waals surface area contributed by atoms with E-state index in [-0.39, 0.29) is 12.1 Å². The molecule has 4 rings (SSSR count). The molecule has 5 heteroatoms. The number of hydrogen-bond acceptors (Lipinski definition) is 4. The van der Waals surface area contributed by atoms with Crippen LogP contribution in [0.25, 0.3) is 0 Å². The van der Waals surface area contributed by atoms with Gasteiger partial charge in [0, 0.05) is 4.88 Å². The minimum absolute atomic E-state index is 0.0140. The first-order valence-electron chi connectivity index (χ1n) is 7.87. The fourth-order valence-corrected chi connectivity index (χ4v) is 4.82. The molecule has 0 fully saturated rings. The predicted octanol–water partition coefficient (Wildman–Crippen LogP) is 3.60. The maximum atomic E-state index is 12.6. The van der Waals surface area contributed by atoms with Crippen LogP contribution >= 0.6 is 11.3 Å². The van der Waals surface area contributed by atoms with Gasteiger partial charge in [-0.15, -0.1) is 11.3 Å². The molecule has 2 aliphatic rings. The topological polar surface area (TPSA) is 64.9 Å². The number of fused-ring (bicyclic) bond motifs is 3. The summed E-state index contributed by atoms with van der Waals surface area (Å²) >= 11 is 1.73. The lowest BCUT2D eigenvalue weighted by atomic mass is 9.88. The summed E-state index contributed by atoms with van der Waals surface area (Å²) in [6.07, 6.45) is 2.99. The maximum Gasteiger partial charge on any atom is 0.256 e. The third-order valence-electron chi connectivity index (χ3n) is 4.66. The van der Waals surface area contributed by atoms with Gasteiger partial charge < -0.3 is 10.6 Å². The molecule has 1 aliphatic carbocycles. The first-order chi connectivity index (χ1) is 11.2. The van der Waals surface area contributed by atoms with Crippen LogP contribution in [0.15, 0.2) is 24.3 Å². The molecule has 1 amide bonds. The fraction of sp³-hybridized carbons (Fsp3) is 0.333. The predicted molar refractivity (Wildman–Crippen MR) is 90.5 cm³/mol. The normalized spacial score (nSPS) is 22.3. The Morgan fingerprint density at radius 3 is 2.78 bits per heavy atom. The van der Waals surface area contributed by atoms with Crippen LogP contribution in [-0.2, 0) is 12.8 Å². The molecular weight excluding hydrogens is 306 g/mol. The highest BCUT2D eigenvalue weighted by molar-refractivity contribution is 7.16. The summed E-state index contributed by atoms with van der Waals surface area (Å²) in [5, 5.41) is 16.4. The van der Waals surface area contributed by atoms with Gasteiger partial charge in [0.05, 0.1) is 17.2 Å². The molecule has 1 aromatic carbocycles. The van der Waals surface area contributed by atoms with Crippen molar-refractivity contribution in [2.45, 2.75) is 32.4 Å². The molecule has 116 valence electrons. The third-order valence-corrected chi connectivity index (χ3v) is 5.85. The first-order valence-corrected chi connectivity index (χ1v) is 8.69. The lowest BCUT2D eigenvalue weighted by Crippen LogP contribution is -2.38. The molecule has 23 heavy (non-hydrogen) atoms. The van der Waals surface area contributed by atoms with Crippen molar-refractivity contribution in [3.63, 3.8) is 0 Å². The van der Waals surface area contributed by atoms with Crippen molar-refractivity contribution in [1.82, 2.24) is 5.32 Å². The number of amides is 1. The Hall–Kier alpha value is -2.32. The molecule has 0 saturated heterocycles. The number of carbonyl (C=O) groups excluding carboxylic acids is 1. The van der Waals surface area contributed by atoms with Crippen molar-refractivity contribution in [1.29, 1.82) is 5.26 Å². The monoisotopic (exact) mass is 323 g/mol. The Kier molecular flexibility index (Phi) is 3.35. The second-order valence-corrected chi connectivity index (χ2v) is 7.45. The highest BCUT2D eigenvalue weighted by Crippen LogP contribution is 2.42. The van der Waals surface area contributed by atoms with Gasteiger partial charge in [-0.3, -0.25) is 4.79 Å². The number of hydrogen-bond donors (Lipinski definition) is 2. The Balaban J connectivity index is 1.67. The molecule has 1 aromatic heterocycles. The van der Waals surface area contributed by atoms with Gasteiger partial charge in [-0.05, 0) is 48.4 Å². The van der Waals surface area contributed by atoms with E-state index in [2.05, 4.69) is 23.6 Å². The van der Waals surface area contributed by atoms with E-state index in [1.54, 1.807) is 23.5 Å². The molecule has 0 unspecified atom stereocenters. The summed E-state index contributed by atoms with van der Waals surface area (Å²) in [5.41, 5.74) is 3.67. The molecule has 1 aliphatic heterocycles. The van der Waals surface area contributed by atoms with Gasteiger partial charge in [-0.25, -0.2) is 0 Å². The number of benzene rings is 1. The highest BCUT2D eigenvalue weighted by Gasteiger charge is 2.32. The summed E-state index contributed by atoms with van der Waals surface area (Å²) in [4.78, 5) is 14.0.